The van der Waals surface area contributed by atoms with Gasteiger partial charge in [0, 0.05) is 0 Å². The first-order valence-corrected chi connectivity index (χ1v) is 8.65. The lowest BCUT2D eigenvalue weighted by molar-refractivity contribution is -0.149. The fraction of sp³-hybridized carbons (Fsp3) is 0.500. The van der Waals surface area contributed by atoms with E-state index in [4.69, 9.17) is 14.0 Å². The highest BCUT2D eigenvalue weighted by molar-refractivity contribution is 6.62. The number of rotatable bonds is 3. The Hall–Kier alpha value is -2.10. The van der Waals surface area contributed by atoms with Gasteiger partial charge < -0.3 is 14.0 Å². The summed E-state index contributed by atoms with van der Waals surface area (Å²) < 4.78 is 17.3. The summed E-state index contributed by atoms with van der Waals surface area (Å²) in [4.78, 5) is 12.1. The average molecular weight is 355 g/mol. The fourth-order valence-electron chi connectivity index (χ4n) is 2.37. The second-order valence-electron chi connectivity index (χ2n) is 8.43. The normalized spacial score (nSPS) is 19.2. The van der Waals surface area contributed by atoms with Crippen LogP contribution in [0.4, 0.5) is 0 Å². The Bertz CT molecular complexity index is 736. The molecule has 1 saturated heterocycles. The second kappa shape index (κ2) is 6.90. The smallest absolute Gasteiger partial charge is 0.456 e. The van der Waals surface area contributed by atoms with Crippen molar-refractivity contribution in [3.05, 3.63) is 35.4 Å². The van der Waals surface area contributed by atoms with E-state index in [-0.39, 0.29) is 5.57 Å². The van der Waals surface area contributed by atoms with Crippen LogP contribution in [0.15, 0.2) is 29.8 Å². The van der Waals surface area contributed by atoms with Crippen LogP contribution in [0.25, 0.3) is 6.08 Å². The van der Waals surface area contributed by atoms with Gasteiger partial charge in [-0.2, -0.15) is 5.26 Å². The largest absolute Gasteiger partial charge is 0.494 e. The minimum absolute atomic E-state index is 0.0386. The summed E-state index contributed by atoms with van der Waals surface area (Å²) in [6.07, 6.45) is 1.52. The molecule has 5 nitrogen and oxygen atoms in total. The molecule has 0 atom stereocenters. The van der Waals surface area contributed by atoms with E-state index in [1.165, 1.54) is 6.08 Å². The van der Waals surface area contributed by atoms with E-state index in [2.05, 4.69) is 0 Å². The molecule has 1 aromatic rings. The van der Waals surface area contributed by atoms with Crippen LogP contribution in [-0.4, -0.2) is 29.9 Å². The fourth-order valence-corrected chi connectivity index (χ4v) is 2.37. The Morgan fingerprint density at radius 2 is 1.62 bits per heavy atom. The van der Waals surface area contributed by atoms with Crippen LogP contribution >= 0.6 is 0 Å². The van der Waals surface area contributed by atoms with Gasteiger partial charge in [-0.1, -0.05) is 24.3 Å². The lowest BCUT2D eigenvalue weighted by atomic mass is 9.79. The van der Waals surface area contributed by atoms with Gasteiger partial charge in [-0.3, -0.25) is 0 Å². The van der Waals surface area contributed by atoms with Gasteiger partial charge in [-0.15, -0.1) is 0 Å². The Labute approximate surface area is 156 Å². The van der Waals surface area contributed by atoms with Crippen LogP contribution in [0.1, 0.15) is 54.0 Å². The van der Waals surface area contributed by atoms with E-state index in [0.29, 0.717) is 0 Å². The predicted molar refractivity (Wildman–Crippen MR) is 102 cm³/mol. The van der Waals surface area contributed by atoms with Gasteiger partial charge >= 0.3 is 13.1 Å². The summed E-state index contributed by atoms with van der Waals surface area (Å²) in [6, 6.07) is 9.29. The first-order valence-electron chi connectivity index (χ1n) is 8.65. The SMILES string of the molecule is CC(C)(C)OC(=O)/C(C#N)=C\c1ccc(B2OC(C)(C)C(C)(C)O2)cc1. The number of hydrogen-bond donors (Lipinski definition) is 0. The molecule has 138 valence electrons. The summed E-state index contributed by atoms with van der Waals surface area (Å²) in [5.74, 6) is -0.630. The van der Waals surface area contributed by atoms with Gasteiger partial charge in [-0.25, -0.2) is 4.79 Å². The molecule has 0 spiro atoms. The standard InChI is InChI=1S/C20H26BNO4/c1-18(2,3)24-17(23)15(13-22)12-14-8-10-16(11-9-14)21-25-19(4,5)20(6,7)26-21/h8-12H,1-7H3/b15-12-. The number of benzene rings is 1. The molecule has 0 aromatic heterocycles. The Morgan fingerprint density at radius 3 is 2.04 bits per heavy atom. The van der Waals surface area contributed by atoms with Crippen molar-refractivity contribution >= 4 is 24.6 Å². The second-order valence-corrected chi connectivity index (χ2v) is 8.43. The molecule has 1 aromatic carbocycles. The van der Waals surface area contributed by atoms with Crippen LogP contribution in [0, 0.1) is 11.3 Å². The van der Waals surface area contributed by atoms with Crippen molar-refractivity contribution in [2.75, 3.05) is 0 Å². The molecule has 0 amide bonds. The van der Waals surface area contributed by atoms with Crippen molar-refractivity contribution < 1.29 is 18.8 Å². The molecule has 0 bridgehead atoms. The molecule has 0 saturated carbocycles. The summed E-state index contributed by atoms with van der Waals surface area (Å²) in [6.45, 7) is 13.3. The molecule has 0 aliphatic carbocycles. The number of esters is 1. The molecule has 26 heavy (non-hydrogen) atoms. The van der Waals surface area contributed by atoms with Gasteiger partial charge in [-0.05, 0) is 65.6 Å². The first-order chi connectivity index (χ1) is 11.8. The van der Waals surface area contributed by atoms with Crippen LogP contribution in [0.3, 0.4) is 0 Å². The summed E-state index contributed by atoms with van der Waals surface area (Å²) >= 11 is 0. The van der Waals surface area contributed by atoms with E-state index in [0.717, 1.165) is 11.0 Å². The van der Waals surface area contributed by atoms with E-state index in [9.17, 15) is 10.1 Å². The molecule has 1 aliphatic heterocycles. The topological polar surface area (TPSA) is 68.6 Å². The van der Waals surface area contributed by atoms with E-state index >= 15 is 0 Å². The Balaban J connectivity index is 2.17. The number of hydrogen-bond acceptors (Lipinski definition) is 5. The molecule has 0 unspecified atom stereocenters. The van der Waals surface area contributed by atoms with Crippen molar-refractivity contribution in [3.63, 3.8) is 0 Å². The maximum atomic E-state index is 12.1. The van der Waals surface area contributed by atoms with Crippen molar-refractivity contribution in [1.29, 1.82) is 5.26 Å². The van der Waals surface area contributed by atoms with Gasteiger partial charge in [0.15, 0.2) is 0 Å². The zero-order valence-electron chi connectivity index (χ0n) is 16.5. The van der Waals surface area contributed by atoms with E-state index in [1.54, 1.807) is 20.8 Å². The highest BCUT2D eigenvalue weighted by Crippen LogP contribution is 2.36. The zero-order valence-corrected chi connectivity index (χ0v) is 16.5. The maximum Gasteiger partial charge on any atom is 0.494 e. The lowest BCUT2D eigenvalue weighted by Gasteiger charge is -2.32. The van der Waals surface area contributed by atoms with E-state index in [1.807, 2.05) is 58.0 Å². The Morgan fingerprint density at radius 1 is 1.12 bits per heavy atom. The van der Waals surface area contributed by atoms with E-state index < -0.39 is 29.9 Å². The highest BCUT2D eigenvalue weighted by Gasteiger charge is 2.51. The molecule has 0 N–H and O–H groups in total. The summed E-state index contributed by atoms with van der Waals surface area (Å²) in [5.41, 5.74) is 0.128. The predicted octanol–water partition coefficient (Wildman–Crippen LogP) is 3.23. The van der Waals surface area contributed by atoms with Gasteiger partial charge in [0.2, 0.25) is 0 Å². The Kier molecular flexibility index (Phi) is 5.37. The third kappa shape index (κ3) is 4.54. The van der Waals surface area contributed by atoms with Gasteiger partial charge in [0.1, 0.15) is 17.2 Å². The van der Waals surface area contributed by atoms with Gasteiger partial charge in [0.25, 0.3) is 0 Å². The van der Waals surface area contributed by atoms with Crippen molar-refractivity contribution in [1.82, 2.24) is 0 Å². The number of nitrogens with zero attached hydrogens (tertiary/aromatic N) is 1. The molecule has 0 radical (unpaired) electrons. The zero-order chi connectivity index (χ0) is 19.8. The van der Waals surface area contributed by atoms with Crippen LogP contribution in [-0.2, 0) is 18.8 Å². The van der Waals surface area contributed by atoms with Crippen LogP contribution in [0.5, 0.6) is 0 Å². The number of carbonyl (C=O) groups excluding carboxylic acids is 1. The van der Waals surface area contributed by atoms with Crippen molar-refractivity contribution in [3.8, 4) is 6.07 Å². The molecular formula is C20H26BNO4. The van der Waals surface area contributed by atoms with Crippen molar-refractivity contribution in [2.45, 2.75) is 65.3 Å². The lowest BCUT2D eigenvalue weighted by Crippen LogP contribution is -2.41. The van der Waals surface area contributed by atoms with Crippen LogP contribution < -0.4 is 5.46 Å². The third-order valence-electron chi connectivity index (χ3n) is 4.51. The van der Waals surface area contributed by atoms with Gasteiger partial charge in [0.05, 0.1) is 11.2 Å². The molecule has 1 heterocycles. The van der Waals surface area contributed by atoms with Crippen molar-refractivity contribution in [2.24, 2.45) is 0 Å². The molecular weight excluding hydrogens is 329 g/mol. The number of nitriles is 1. The average Bonchev–Trinajstić information content (AvgIpc) is 2.71. The maximum absolute atomic E-state index is 12.1. The minimum Gasteiger partial charge on any atom is -0.456 e. The monoisotopic (exact) mass is 355 g/mol. The quantitative estimate of drug-likeness (QED) is 0.360. The molecule has 1 fully saturated rings. The summed E-state index contributed by atoms with van der Waals surface area (Å²) in [7, 11) is -0.445. The summed E-state index contributed by atoms with van der Waals surface area (Å²) in [5, 5.41) is 9.24. The molecule has 2 rings (SSSR count). The number of ether oxygens (including phenoxy) is 1. The highest BCUT2D eigenvalue weighted by atomic mass is 16.7. The minimum atomic E-state index is -0.645. The molecule has 1 aliphatic rings. The number of carbonyl (C=O) groups is 1. The molecule has 6 heteroatoms. The first kappa shape index (κ1) is 20.2. The van der Waals surface area contributed by atoms with Crippen LogP contribution in [0.2, 0.25) is 0 Å². The third-order valence-corrected chi connectivity index (χ3v) is 4.51.